The van der Waals surface area contributed by atoms with Gasteiger partial charge in [-0.2, -0.15) is 0 Å². The number of amides is 1. The van der Waals surface area contributed by atoms with Crippen molar-refractivity contribution in [2.24, 2.45) is 0 Å². The maximum absolute atomic E-state index is 12.2. The van der Waals surface area contributed by atoms with Crippen LogP contribution in [0.25, 0.3) is 0 Å². The fourth-order valence-corrected chi connectivity index (χ4v) is 2.86. The standard InChI is InChI=1S/C19H29NO2/c1-14(18(21)20-16-8-6-5-7-9-16)22-17-12-10-15(11-13-17)19(2,3)4/h10-14,16H,5-9H2,1-4H3,(H,20,21)/t14-/m0/s1. The Kier molecular flexibility index (Phi) is 5.49. The summed E-state index contributed by atoms with van der Waals surface area (Å²) < 4.78 is 5.77. The lowest BCUT2D eigenvalue weighted by molar-refractivity contribution is -0.128. The van der Waals surface area contributed by atoms with Crippen molar-refractivity contribution >= 4 is 5.91 Å². The first-order chi connectivity index (χ1) is 10.4. The van der Waals surface area contributed by atoms with Crippen LogP contribution in [0.4, 0.5) is 0 Å². The van der Waals surface area contributed by atoms with Crippen molar-refractivity contribution in [1.29, 1.82) is 0 Å². The van der Waals surface area contributed by atoms with Crippen LogP contribution in [0.2, 0.25) is 0 Å². The van der Waals surface area contributed by atoms with E-state index >= 15 is 0 Å². The first-order valence-electron chi connectivity index (χ1n) is 8.44. The van der Waals surface area contributed by atoms with E-state index in [9.17, 15) is 4.79 Å². The molecule has 1 amide bonds. The zero-order chi connectivity index (χ0) is 16.2. The van der Waals surface area contributed by atoms with Gasteiger partial charge >= 0.3 is 0 Å². The normalized spacial score (nSPS) is 17.8. The minimum atomic E-state index is -0.456. The molecule has 2 rings (SSSR count). The Hall–Kier alpha value is -1.51. The number of hydrogen-bond donors (Lipinski definition) is 1. The molecule has 1 aliphatic carbocycles. The molecular weight excluding hydrogens is 274 g/mol. The lowest BCUT2D eigenvalue weighted by atomic mass is 9.87. The highest BCUT2D eigenvalue weighted by atomic mass is 16.5. The van der Waals surface area contributed by atoms with E-state index in [4.69, 9.17) is 4.74 Å². The van der Waals surface area contributed by atoms with Gasteiger partial charge in [0.1, 0.15) is 5.75 Å². The van der Waals surface area contributed by atoms with Gasteiger partial charge in [-0.3, -0.25) is 4.79 Å². The van der Waals surface area contributed by atoms with Crippen molar-refractivity contribution in [3.8, 4) is 5.75 Å². The molecule has 3 nitrogen and oxygen atoms in total. The molecule has 22 heavy (non-hydrogen) atoms. The van der Waals surface area contributed by atoms with Gasteiger partial charge in [-0.05, 0) is 42.9 Å². The van der Waals surface area contributed by atoms with E-state index in [0.717, 1.165) is 18.6 Å². The van der Waals surface area contributed by atoms with Crippen molar-refractivity contribution in [2.45, 2.75) is 77.4 Å². The summed E-state index contributed by atoms with van der Waals surface area (Å²) in [7, 11) is 0. The Labute approximate surface area is 134 Å². The van der Waals surface area contributed by atoms with Crippen LogP contribution in [0.15, 0.2) is 24.3 Å². The Morgan fingerprint density at radius 2 is 1.73 bits per heavy atom. The van der Waals surface area contributed by atoms with E-state index in [-0.39, 0.29) is 11.3 Å². The fraction of sp³-hybridized carbons (Fsp3) is 0.632. The summed E-state index contributed by atoms with van der Waals surface area (Å²) in [4.78, 5) is 12.2. The van der Waals surface area contributed by atoms with Gasteiger partial charge in [-0.1, -0.05) is 52.2 Å². The third-order valence-electron chi connectivity index (χ3n) is 4.35. The van der Waals surface area contributed by atoms with Crippen LogP contribution in [0.1, 0.15) is 65.4 Å². The summed E-state index contributed by atoms with van der Waals surface area (Å²) in [5.74, 6) is 0.742. The average molecular weight is 303 g/mol. The molecule has 0 saturated heterocycles. The first-order valence-corrected chi connectivity index (χ1v) is 8.44. The molecule has 1 aliphatic rings. The molecule has 0 aromatic heterocycles. The topological polar surface area (TPSA) is 38.3 Å². The number of carbonyl (C=O) groups is 1. The van der Waals surface area contributed by atoms with E-state index in [1.807, 2.05) is 19.1 Å². The number of carbonyl (C=O) groups excluding carboxylic acids is 1. The molecule has 0 radical (unpaired) electrons. The molecule has 1 fully saturated rings. The second-order valence-corrected chi connectivity index (χ2v) is 7.38. The predicted molar refractivity (Wildman–Crippen MR) is 90.2 cm³/mol. The zero-order valence-electron chi connectivity index (χ0n) is 14.3. The minimum Gasteiger partial charge on any atom is -0.481 e. The maximum atomic E-state index is 12.2. The Morgan fingerprint density at radius 1 is 1.14 bits per heavy atom. The lowest BCUT2D eigenvalue weighted by Crippen LogP contribution is -2.43. The van der Waals surface area contributed by atoms with E-state index < -0.39 is 6.10 Å². The summed E-state index contributed by atoms with van der Waals surface area (Å²) in [5.41, 5.74) is 1.39. The van der Waals surface area contributed by atoms with Crippen LogP contribution in [-0.4, -0.2) is 18.1 Å². The van der Waals surface area contributed by atoms with Gasteiger partial charge in [-0.15, -0.1) is 0 Å². The monoisotopic (exact) mass is 303 g/mol. The molecule has 3 heteroatoms. The van der Waals surface area contributed by atoms with Gasteiger partial charge in [0, 0.05) is 6.04 Å². The molecule has 1 atom stereocenters. The minimum absolute atomic E-state index is 0.00759. The Morgan fingerprint density at radius 3 is 2.27 bits per heavy atom. The summed E-state index contributed by atoms with van der Waals surface area (Å²) in [6, 6.07) is 8.37. The third-order valence-corrected chi connectivity index (χ3v) is 4.35. The highest BCUT2D eigenvalue weighted by molar-refractivity contribution is 5.81. The van der Waals surface area contributed by atoms with Crippen LogP contribution in [-0.2, 0) is 10.2 Å². The fourth-order valence-electron chi connectivity index (χ4n) is 2.86. The van der Waals surface area contributed by atoms with Crippen LogP contribution in [0.3, 0.4) is 0 Å². The molecule has 0 aliphatic heterocycles. The van der Waals surface area contributed by atoms with E-state index in [1.165, 1.54) is 24.8 Å². The van der Waals surface area contributed by atoms with Gasteiger partial charge in [0.05, 0.1) is 0 Å². The van der Waals surface area contributed by atoms with Crippen molar-refractivity contribution in [3.63, 3.8) is 0 Å². The van der Waals surface area contributed by atoms with Gasteiger partial charge < -0.3 is 10.1 Å². The molecule has 0 bridgehead atoms. The molecule has 1 N–H and O–H groups in total. The van der Waals surface area contributed by atoms with Gasteiger partial charge in [0.2, 0.25) is 0 Å². The van der Waals surface area contributed by atoms with Gasteiger partial charge in [-0.25, -0.2) is 0 Å². The number of rotatable bonds is 4. The summed E-state index contributed by atoms with van der Waals surface area (Å²) in [6.45, 7) is 8.37. The summed E-state index contributed by atoms with van der Waals surface area (Å²) in [5, 5.41) is 3.11. The van der Waals surface area contributed by atoms with Crippen LogP contribution in [0, 0.1) is 0 Å². The molecule has 0 unspecified atom stereocenters. The van der Waals surface area contributed by atoms with E-state index in [1.54, 1.807) is 0 Å². The number of benzene rings is 1. The van der Waals surface area contributed by atoms with Crippen molar-refractivity contribution in [2.75, 3.05) is 0 Å². The maximum Gasteiger partial charge on any atom is 0.260 e. The molecule has 1 saturated carbocycles. The van der Waals surface area contributed by atoms with Crippen molar-refractivity contribution < 1.29 is 9.53 Å². The zero-order valence-corrected chi connectivity index (χ0v) is 14.3. The second-order valence-electron chi connectivity index (χ2n) is 7.38. The number of nitrogens with one attached hydrogen (secondary N) is 1. The van der Waals surface area contributed by atoms with Crippen molar-refractivity contribution in [1.82, 2.24) is 5.32 Å². The molecule has 1 aromatic rings. The molecular formula is C19H29NO2. The third kappa shape index (κ3) is 4.75. The highest BCUT2D eigenvalue weighted by Crippen LogP contribution is 2.24. The number of ether oxygens (including phenoxy) is 1. The van der Waals surface area contributed by atoms with Crippen LogP contribution in [0.5, 0.6) is 5.75 Å². The Balaban J connectivity index is 1.87. The largest absolute Gasteiger partial charge is 0.481 e. The van der Waals surface area contributed by atoms with Crippen molar-refractivity contribution in [3.05, 3.63) is 29.8 Å². The van der Waals surface area contributed by atoms with Crippen LogP contribution >= 0.6 is 0 Å². The van der Waals surface area contributed by atoms with Gasteiger partial charge in [0.15, 0.2) is 6.10 Å². The number of hydrogen-bond acceptors (Lipinski definition) is 2. The molecule has 0 spiro atoms. The smallest absolute Gasteiger partial charge is 0.260 e. The Bertz CT molecular complexity index is 481. The van der Waals surface area contributed by atoms with E-state index in [0.29, 0.717) is 6.04 Å². The summed E-state index contributed by atoms with van der Waals surface area (Å²) in [6.07, 6.45) is 5.46. The predicted octanol–water partition coefficient (Wildman–Crippen LogP) is 4.20. The highest BCUT2D eigenvalue weighted by Gasteiger charge is 2.21. The SMILES string of the molecule is C[C@H](Oc1ccc(C(C)(C)C)cc1)C(=O)NC1CCCCC1. The molecule has 122 valence electrons. The van der Waals surface area contributed by atoms with Crippen LogP contribution < -0.4 is 10.1 Å². The molecule has 0 heterocycles. The quantitative estimate of drug-likeness (QED) is 0.905. The lowest BCUT2D eigenvalue weighted by Gasteiger charge is -2.25. The molecule has 1 aromatic carbocycles. The van der Waals surface area contributed by atoms with Gasteiger partial charge in [0.25, 0.3) is 5.91 Å². The second kappa shape index (κ2) is 7.17. The first kappa shape index (κ1) is 16.9. The average Bonchev–Trinajstić information content (AvgIpc) is 2.48. The summed E-state index contributed by atoms with van der Waals surface area (Å²) >= 11 is 0. The van der Waals surface area contributed by atoms with E-state index in [2.05, 4.69) is 38.2 Å².